The fraction of sp³-hybridized carbons (Fsp3) is 0.880. The molecule has 0 spiro atoms. The van der Waals surface area contributed by atoms with Crippen molar-refractivity contribution >= 4 is 11.9 Å². The number of amides is 1. The highest BCUT2D eigenvalue weighted by atomic mass is 16.5. The first kappa shape index (κ1) is 54.3. The topological polar surface area (TPSA) is 95.9 Å². The molecule has 6 nitrogen and oxygen atoms in total. The summed E-state index contributed by atoms with van der Waals surface area (Å²) >= 11 is 0. The van der Waals surface area contributed by atoms with Gasteiger partial charge in [0.25, 0.3) is 0 Å². The Morgan fingerprint density at radius 3 is 1.29 bits per heavy atom. The van der Waals surface area contributed by atoms with Gasteiger partial charge in [0, 0.05) is 12.8 Å². The number of hydrogen-bond acceptors (Lipinski definition) is 5. The summed E-state index contributed by atoms with van der Waals surface area (Å²) < 4.78 is 5.44. The van der Waals surface area contributed by atoms with E-state index in [9.17, 15) is 19.8 Å². The van der Waals surface area contributed by atoms with Gasteiger partial charge in [-0.25, -0.2) is 0 Å². The Balaban J connectivity index is 3.51. The highest BCUT2D eigenvalue weighted by Gasteiger charge is 2.18. The van der Waals surface area contributed by atoms with Crippen LogP contribution in [0.25, 0.3) is 0 Å². The molecule has 0 bridgehead atoms. The lowest BCUT2D eigenvalue weighted by Gasteiger charge is -2.20. The van der Waals surface area contributed by atoms with Gasteiger partial charge in [-0.1, -0.05) is 212 Å². The van der Waals surface area contributed by atoms with Crippen molar-refractivity contribution in [2.45, 2.75) is 270 Å². The van der Waals surface area contributed by atoms with E-state index >= 15 is 0 Å². The summed E-state index contributed by atoms with van der Waals surface area (Å²) in [5.41, 5.74) is 0. The van der Waals surface area contributed by atoms with Crippen LogP contribution in [0.3, 0.4) is 0 Å². The molecule has 56 heavy (non-hydrogen) atoms. The van der Waals surface area contributed by atoms with Crippen LogP contribution in [0, 0.1) is 0 Å². The number of carbonyl (C=O) groups excluding carboxylic acids is 2. The number of esters is 1. The molecule has 2 atom stereocenters. The number of aliphatic hydroxyl groups excluding tert-OH is 2. The molecule has 0 aliphatic carbocycles. The van der Waals surface area contributed by atoms with E-state index in [0.29, 0.717) is 19.4 Å². The Hall–Kier alpha value is -1.66. The van der Waals surface area contributed by atoms with E-state index in [1.165, 1.54) is 173 Å². The number of rotatable bonds is 45. The van der Waals surface area contributed by atoms with Crippen molar-refractivity contribution < 1.29 is 24.5 Å². The standard InChI is InChI=1S/C50H95NO5/c1-3-5-7-9-11-13-15-17-19-22-26-30-34-38-42-48(53)47(46-52)51-49(54)43-39-35-31-27-23-20-21-25-29-33-37-41-45-56-50(55)44-40-36-32-28-24-18-16-14-12-10-8-6-4-2/h14,16,38,42,47-48,52-53H,3-13,15,17-37,39-41,43-46H2,1-2H3,(H,51,54)/b16-14-,42-38+. The highest BCUT2D eigenvalue weighted by Crippen LogP contribution is 2.15. The van der Waals surface area contributed by atoms with Gasteiger partial charge >= 0.3 is 5.97 Å². The molecule has 6 heteroatoms. The van der Waals surface area contributed by atoms with Gasteiger partial charge < -0.3 is 20.3 Å². The first-order chi connectivity index (χ1) is 27.5. The van der Waals surface area contributed by atoms with Crippen LogP contribution in [0.5, 0.6) is 0 Å². The molecule has 0 aromatic heterocycles. The summed E-state index contributed by atoms with van der Waals surface area (Å²) in [6.45, 7) is 4.84. The summed E-state index contributed by atoms with van der Waals surface area (Å²) in [6, 6.07) is -0.638. The molecule has 2 unspecified atom stereocenters. The van der Waals surface area contributed by atoms with Gasteiger partial charge in [0.2, 0.25) is 5.91 Å². The first-order valence-electron chi connectivity index (χ1n) is 24.6. The molecule has 0 saturated carbocycles. The van der Waals surface area contributed by atoms with E-state index in [1.54, 1.807) is 6.08 Å². The smallest absolute Gasteiger partial charge is 0.305 e. The van der Waals surface area contributed by atoms with Crippen LogP contribution in [0.15, 0.2) is 24.3 Å². The Morgan fingerprint density at radius 1 is 0.482 bits per heavy atom. The normalized spacial score (nSPS) is 12.9. The van der Waals surface area contributed by atoms with Crippen LogP contribution < -0.4 is 5.32 Å². The summed E-state index contributed by atoms with van der Waals surface area (Å²) in [6.07, 6.45) is 53.0. The van der Waals surface area contributed by atoms with E-state index in [1.807, 2.05) is 6.08 Å². The summed E-state index contributed by atoms with van der Waals surface area (Å²) in [4.78, 5) is 24.4. The van der Waals surface area contributed by atoms with Crippen molar-refractivity contribution in [1.29, 1.82) is 0 Å². The lowest BCUT2D eigenvalue weighted by molar-refractivity contribution is -0.143. The zero-order chi connectivity index (χ0) is 40.8. The molecule has 0 aliphatic heterocycles. The van der Waals surface area contributed by atoms with Crippen LogP contribution >= 0.6 is 0 Å². The second kappa shape index (κ2) is 46.0. The first-order valence-corrected chi connectivity index (χ1v) is 24.6. The van der Waals surface area contributed by atoms with E-state index < -0.39 is 12.1 Å². The molecule has 0 fully saturated rings. The van der Waals surface area contributed by atoms with Crippen LogP contribution in [-0.4, -0.2) is 47.4 Å². The summed E-state index contributed by atoms with van der Waals surface area (Å²) in [5, 5.41) is 23.0. The minimum atomic E-state index is -0.854. The Kier molecular flexibility index (Phi) is 44.7. The van der Waals surface area contributed by atoms with Crippen molar-refractivity contribution in [3.8, 4) is 0 Å². The van der Waals surface area contributed by atoms with Crippen LogP contribution in [-0.2, 0) is 14.3 Å². The minimum Gasteiger partial charge on any atom is -0.466 e. The van der Waals surface area contributed by atoms with Crippen LogP contribution in [0.2, 0.25) is 0 Å². The Labute approximate surface area is 348 Å². The number of nitrogens with one attached hydrogen (secondary N) is 1. The average Bonchev–Trinajstić information content (AvgIpc) is 3.20. The molecule has 0 rings (SSSR count). The lowest BCUT2D eigenvalue weighted by atomic mass is 10.0. The molecular formula is C50H95NO5. The quantitative estimate of drug-likeness (QED) is 0.0324. The van der Waals surface area contributed by atoms with Crippen molar-refractivity contribution in [2.24, 2.45) is 0 Å². The highest BCUT2D eigenvalue weighted by molar-refractivity contribution is 5.76. The number of hydrogen-bond donors (Lipinski definition) is 3. The number of unbranched alkanes of at least 4 members (excludes halogenated alkanes) is 32. The van der Waals surface area contributed by atoms with Gasteiger partial charge in [-0.3, -0.25) is 9.59 Å². The van der Waals surface area contributed by atoms with Gasteiger partial charge in [-0.05, 0) is 57.8 Å². The number of allylic oxidation sites excluding steroid dienone is 3. The van der Waals surface area contributed by atoms with Crippen molar-refractivity contribution in [3.05, 3.63) is 24.3 Å². The SMILES string of the molecule is CCCCCC/C=C\CCCCCCCC(=O)OCCCCCCCCCCCCCCC(=O)NC(CO)C(O)/C=C/CCCCCCCCCCCCCC. The fourth-order valence-corrected chi connectivity index (χ4v) is 7.39. The molecular weight excluding hydrogens is 695 g/mol. The Morgan fingerprint density at radius 2 is 0.839 bits per heavy atom. The minimum absolute atomic E-state index is 0.0205. The fourth-order valence-electron chi connectivity index (χ4n) is 7.39. The van der Waals surface area contributed by atoms with Gasteiger partial charge in [-0.2, -0.15) is 0 Å². The third kappa shape index (κ3) is 42.0. The molecule has 0 aliphatic rings. The van der Waals surface area contributed by atoms with Gasteiger partial charge in [0.1, 0.15) is 0 Å². The van der Waals surface area contributed by atoms with Crippen molar-refractivity contribution in [3.63, 3.8) is 0 Å². The van der Waals surface area contributed by atoms with Crippen molar-refractivity contribution in [1.82, 2.24) is 5.32 Å². The summed E-state index contributed by atoms with van der Waals surface area (Å²) in [7, 11) is 0. The average molecular weight is 790 g/mol. The number of aliphatic hydroxyl groups is 2. The molecule has 0 radical (unpaired) electrons. The zero-order valence-electron chi connectivity index (χ0n) is 37.4. The number of ether oxygens (including phenoxy) is 1. The zero-order valence-corrected chi connectivity index (χ0v) is 37.4. The van der Waals surface area contributed by atoms with E-state index in [0.717, 1.165) is 57.8 Å². The largest absolute Gasteiger partial charge is 0.466 e. The van der Waals surface area contributed by atoms with E-state index in [4.69, 9.17) is 4.74 Å². The third-order valence-electron chi connectivity index (χ3n) is 11.2. The van der Waals surface area contributed by atoms with Gasteiger partial charge in [-0.15, -0.1) is 0 Å². The van der Waals surface area contributed by atoms with E-state index in [2.05, 4.69) is 31.3 Å². The monoisotopic (exact) mass is 790 g/mol. The predicted molar refractivity (Wildman–Crippen MR) is 241 cm³/mol. The predicted octanol–water partition coefficient (Wildman–Crippen LogP) is 14.3. The maximum absolute atomic E-state index is 12.4. The lowest BCUT2D eigenvalue weighted by Crippen LogP contribution is -2.45. The summed E-state index contributed by atoms with van der Waals surface area (Å²) in [5.74, 6) is -0.105. The van der Waals surface area contributed by atoms with Gasteiger partial charge in [0.05, 0.1) is 25.4 Å². The van der Waals surface area contributed by atoms with E-state index in [-0.39, 0.29) is 18.5 Å². The van der Waals surface area contributed by atoms with Crippen molar-refractivity contribution in [2.75, 3.05) is 13.2 Å². The van der Waals surface area contributed by atoms with Gasteiger partial charge in [0.15, 0.2) is 0 Å². The van der Waals surface area contributed by atoms with Crippen LogP contribution in [0.4, 0.5) is 0 Å². The Bertz CT molecular complexity index is 874. The third-order valence-corrected chi connectivity index (χ3v) is 11.2. The molecule has 330 valence electrons. The maximum atomic E-state index is 12.4. The maximum Gasteiger partial charge on any atom is 0.305 e. The molecule has 0 heterocycles. The molecule has 0 aromatic rings. The van der Waals surface area contributed by atoms with Crippen LogP contribution in [0.1, 0.15) is 258 Å². The molecule has 1 amide bonds. The molecule has 0 aromatic carbocycles. The number of carbonyl (C=O) groups is 2. The molecule has 3 N–H and O–H groups in total. The second-order valence-electron chi connectivity index (χ2n) is 16.8. The second-order valence-corrected chi connectivity index (χ2v) is 16.8. The molecule has 0 saturated heterocycles.